The fraction of sp³-hybridized carbons (Fsp3) is 0.625. The molecule has 10 heteroatoms. The molecule has 0 aliphatic carbocycles. The molecule has 0 aromatic heterocycles. The molecule has 0 spiro atoms. The summed E-state index contributed by atoms with van der Waals surface area (Å²) in [5, 5.41) is 0. The minimum Gasteiger partial charge on any atom is -0.370 e. The van der Waals surface area contributed by atoms with Crippen LogP contribution in [0.25, 0.3) is 0 Å². The fourth-order valence-electron chi connectivity index (χ4n) is 5.16. The fourth-order valence-corrected chi connectivity index (χ4v) is 5.16. The highest BCUT2D eigenvalue weighted by Crippen LogP contribution is 2.30. The van der Waals surface area contributed by atoms with Gasteiger partial charge in [0, 0.05) is 51.6 Å². The topological polar surface area (TPSA) is 70.2 Å². The van der Waals surface area contributed by atoms with Crippen LogP contribution in [0.4, 0.5) is 18.0 Å². The summed E-state index contributed by atoms with van der Waals surface area (Å²) >= 11 is 0. The molecule has 3 heterocycles. The molecule has 4 rings (SSSR count). The third-order valence-corrected chi connectivity index (χ3v) is 7.17. The third kappa shape index (κ3) is 5.54. The molecule has 1 aromatic carbocycles. The highest BCUT2D eigenvalue weighted by molar-refractivity contribution is 5.81. The van der Waals surface area contributed by atoms with Gasteiger partial charge >= 0.3 is 12.2 Å². The summed E-state index contributed by atoms with van der Waals surface area (Å²) in [6, 6.07) is 4.72. The number of hydrogen-bond donors (Lipinski definition) is 0. The molecular weight excluding hydrogens is 451 g/mol. The van der Waals surface area contributed by atoms with E-state index in [0.717, 1.165) is 18.6 Å². The van der Waals surface area contributed by atoms with Crippen LogP contribution in [0, 0.1) is 5.92 Å². The number of amides is 3. The molecular formula is C24H30F3N3O4. The van der Waals surface area contributed by atoms with E-state index in [0.29, 0.717) is 51.0 Å². The van der Waals surface area contributed by atoms with Crippen molar-refractivity contribution in [1.82, 2.24) is 14.7 Å². The van der Waals surface area contributed by atoms with E-state index in [-0.39, 0.29) is 48.8 Å². The number of carbonyl (C=O) groups is 3. The Kier molecular flexibility index (Phi) is 7.16. The molecule has 0 N–H and O–H groups in total. The Morgan fingerprint density at radius 2 is 1.82 bits per heavy atom. The van der Waals surface area contributed by atoms with Crippen molar-refractivity contribution in [3.05, 3.63) is 35.4 Å². The SMILES string of the molecule is CN(C(=O)Cc1cccc(C(F)(F)F)c1)C1CCN(C(=O)N2CC[C@@H]3OCC(=O)C[C@@H]3C2)CC1. The minimum atomic E-state index is -4.45. The third-order valence-electron chi connectivity index (χ3n) is 7.17. The number of nitrogens with zero attached hydrogens (tertiary/aromatic N) is 3. The molecule has 3 saturated heterocycles. The quantitative estimate of drug-likeness (QED) is 0.666. The number of Topliss-reactive ketones (excluding diaryl/α,β-unsaturated/α-hetero) is 1. The van der Waals surface area contributed by atoms with E-state index in [1.807, 2.05) is 0 Å². The summed E-state index contributed by atoms with van der Waals surface area (Å²) in [5.41, 5.74) is -0.437. The first kappa shape index (κ1) is 24.5. The van der Waals surface area contributed by atoms with Gasteiger partial charge in [0.15, 0.2) is 5.78 Å². The summed E-state index contributed by atoms with van der Waals surface area (Å²) in [4.78, 5) is 42.6. The maximum absolute atomic E-state index is 13.0. The number of urea groups is 1. The lowest BCUT2D eigenvalue weighted by molar-refractivity contribution is -0.140. The molecule has 0 saturated carbocycles. The molecule has 186 valence electrons. The van der Waals surface area contributed by atoms with Gasteiger partial charge in [-0.25, -0.2) is 4.79 Å². The van der Waals surface area contributed by atoms with Gasteiger partial charge < -0.3 is 19.4 Å². The van der Waals surface area contributed by atoms with Gasteiger partial charge in [-0.2, -0.15) is 13.2 Å². The standard InChI is InChI=1S/C24H30F3N3O4/c1-28(22(32)12-16-3-2-4-18(11-16)24(25,26)27)19-5-8-29(9-6-19)23(33)30-10-7-21-17(14-30)13-20(31)15-34-21/h2-4,11,17,19,21H,5-10,12-15H2,1H3/t17-,21+/m1/s1. The minimum absolute atomic E-state index is 0.0453. The number of ketones is 1. The number of likely N-dealkylation sites (N-methyl/N-ethyl adjacent to an activating group) is 1. The second-order valence-electron chi connectivity index (χ2n) is 9.47. The Hall–Kier alpha value is -2.62. The van der Waals surface area contributed by atoms with Gasteiger partial charge in [0.25, 0.3) is 0 Å². The number of rotatable bonds is 3. The van der Waals surface area contributed by atoms with Crippen LogP contribution in [-0.4, -0.2) is 84.4 Å². The van der Waals surface area contributed by atoms with Crippen molar-refractivity contribution in [2.24, 2.45) is 5.92 Å². The molecule has 7 nitrogen and oxygen atoms in total. The zero-order valence-corrected chi connectivity index (χ0v) is 19.2. The normalized spacial score (nSPS) is 24.1. The van der Waals surface area contributed by atoms with Crippen molar-refractivity contribution < 1.29 is 32.3 Å². The van der Waals surface area contributed by atoms with E-state index in [1.165, 1.54) is 12.1 Å². The van der Waals surface area contributed by atoms with Crippen molar-refractivity contribution in [3.8, 4) is 0 Å². The van der Waals surface area contributed by atoms with E-state index < -0.39 is 11.7 Å². The lowest BCUT2D eigenvalue weighted by Gasteiger charge is -2.43. The Balaban J connectivity index is 1.27. The van der Waals surface area contributed by atoms with Gasteiger partial charge in [-0.05, 0) is 30.9 Å². The number of ether oxygens (including phenoxy) is 1. The summed E-state index contributed by atoms with van der Waals surface area (Å²) in [5.74, 6) is -0.113. The van der Waals surface area contributed by atoms with Crippen LogP contribution >= 0.6 is 0 Å². The van der Waals surface area contributed by atoms with Crippen LogP contribution in [0.1, 0.15) is 36.8 Å². The second kappa shape index (κ2) is 9.93. The molecule has 0 unspecified atom stereocenters. The molecule has 3 aliphatic heterocycles. The first-order valence-electron chi connectivity index (χ1n) is 11.7. The average molecular weight is 482 g/mol. The Morgan fingerprint density at radius 3 is 2.53 bits per heavy atom. The van der Waals surface area contributed by atoms with Crippen molar-refractivity contribution in [2.45, 2.75) is 50.4 Å². The van der Waals surface area contributed by atoms with Crippen LogP contribution < -0.4 is 0 Å². The van der Waals surface area contributed by atoms with E-state index >= 15 is 0 Å². The van der Waals surface area contributed by atoms with E-state index in [2.05, 4.69) is 0 Å². The summed E-state index contributed by atoms with van der Waals surface area (Å²) in [7, 11) is 1.67. The van der Waals surface area contributed by atoms with Gasteiger partial charge in [-0.3, -0.25) is 9.59 Å². The number of halogens is 3. The van der Waals surface area contributed by atoms with Gasteiger partial charge in [0.05, 0.1) is 18.1 Å². The van der Waals surface area contributed by atoms with Crippen LogP contribution in [0.15, 0.2) is 24.3 Å². The maximum Gasteiger partial charge on any atom is 0.416 e. The number of carbonyl (C=O) groups excluding carboxylic acids is 3. The van der Waals surface area contributed by atoms with Gasteiger partial charge in [0.1, 0.15) is 6.61 Å². The smallest absolute Gasteiger partial charge is 0.370 e. The summed E-state index contributed by atoms with van der Waals surface area (Å²) in [6.07, 6.45) is -2.10. The molecule has 0 bridgehead atoms. The van der Waals surface area contributed by atoms with Crippen molar-refractivity contribution in [3.63, 3.8) is 0 Å². The molecule has 3 amide bonds. The predicted molar refractivity (Wildman–Crippen MR) is 117 cm³/mol. The van der Waals surface area contributed by atoms with Gasteiger partial charge in [-0.15, -0.1) is 0 Å². The molecule has 0 radical (unpaired) electrons. The number of fused-ring (bicyclic) bond motifs is 1. The average Bonchev–Trinajstić information content (AvgIpc) is 2.82. The Bertz CT molecular complexity index is 930. The molecule has 3 fully saturated rings. The lowest BCUT2D eigenvalue weighted by atomic mass is 9.88. The van der Waals surface area contributed by atoms with Crippen molar-refractivity contribution in [1.29, 1.82) is 0 Å². The van der Waals surface area contributed by atoms with Gasteiger partial charge in [0.2, 0.25) is 5.91 Å². The van der Waals surface area contributed by atoms with Gasteiger partial charge in [-0.1, -0.05) is 18.2 Å². The van der Waals surface area contributed by atoms with Crippen LogP contribution in [0.5, 0.6) is 0 Å². The number of alkyl halides is 3. The second-order valence-corrected chi connectivity index (χ2v) is 9.47. The highest BCUT2D eigenvalue weighted by Gasteiger charge is 2.38. The monoisotopic (exact) mass is 481 g/mol. The summed E-state index contributed by atoms with van der Waals surface area (Å²) in [6.45, 7) is 2.30. The largest absolute Gasteiger partial charge is 0.416 e. The van der Waals surface area contributed by atoms with Crippen LogP contribution in [0.2, 0.25) is 0 Å². The molecule has 2 atom stereocenters. The number of piperidine rings is 2. The van der Waals surface area contributed by atoms with Crippen LogP contribution in [0.3, 0.4) is 0 Å². The number of hydrogen-bond acceptors (Lipinski definition) is 4. The van der Waals surface area contributed by atoms with E-state index in [9.17, 15) is 27.6 Å². The number of benzene rings is 1. The summed E-state index contributed by atoms with van der Waals surface area (Å²) < 4.78 is 44.4. The zero-order valence-electron chi connectivity index (χ0n) is 19.2. The van der Waals surface area contributed by atoms with Crippen molar-refractivity contribution in [2.75, 3.05) is 39.8 Å². The lowest BCUT2D eigenvalue weighted by Crippen LogP contribution is -2.55. The first-order valence-corrected chi connectivity index (χ1v) is 11.7. The Morgan fingerprint density at radius 1 is 1.12 bits per heavy atom. The molecule has 34 heavy (non-hydrogen) atoms. The highest BCUT2D eigenvalue weighted by atomic mass is 19.4. The van der Waals surface area contributed by atoms with E-state index in [4.69, 9.17) is 4.74 Å². The van der Waals surface area contributed by atoms with Crippen molar-refractivity contribution >= 4 is 17.7 Å². The Labute approximate surface area is 196 Å². The molecule has 3 aliphatic rings. The maximum atomic E-state index is 13.0. The molecule has 1 aromatic rings. The number of likely N-dealkylation sites (tertiary alicyclic amines) is 2. The zero-order chi connectivity index (χ0) is 24.5. The predicted octanol–water partition coefficient (Wildman–Crippen LogP) is 2.97. The van der Waals surface area contributed by atoms with E-state index in [1.54, 1.807) is 21.7 Å². The first-order chi connectivity index (χ1) is 16.1. The van der Waals surface area contributed by atoms with Crippen LogP contribution in [-0.2, 0) is 26.9 Å².